The van der Waals surface area contributed by atoms with Gasteiger partial charge in [-0.1, -0.05) is 27.7 Å². The van der Waals surface area contributed by atoms with Gasteiger partial charge in [0.2, 0.25) is 0 Å². The smallest absolute Gasteiger partial charge is 0.172 e. The van der Waals surface area contributed by atoms with Crippen molar-refractivity contribution in [2.24, 2.45) is 0 Å². The number of hydrogen-bond donors (Lipinski definition) is 0. The van der Waals surface area contributed by atoms with Gasteiger partial charge in [-0.25, -0.2) is 0 Å². The third-order valence-corrected chi connectivity index (χ3v) is 3.10. The highest BCUT2D eigenvalue weighted by Gasteiger charge is 2.22. The van der Waals surface area contributed by atoms with Crippen molar-refractivity contribution in [2.45, 2.75) is 52.6 Å². The van der Waals surface area contributed by atoms with E-state index in [9.17, 15) is 4.79 Å². The van der Waals surface area contributed by atoms with Crippen molar-refractivity contribution in [3.05, 3.63) is 23.8 Å². The van der Waals surface area contributed by atoms with Gasteiger partial charge >= 0.3 is 0 Å². The van der Waals surface area contributed by atoms with E-state index in [0.29, 0.717) is 6.42 Å². The predicted octanol–water partition coefficient (Wildman–Crippen LogP) is 3.74. The summed E-state index contributed by atoms with van der Waals surface area (Å²) in [7, 11) is 1.64. The summed E-state index contributed by atoms with van der Waals surface area (Å²) < 4.78 is 11.1. The molecule has 0 amide bonds. The molecule has 0 aliphatic rings. The minimum Gasteiger partial charge on any atom is -0.497 e. The van der Waals surface area contributed by atoms with Crippen molar-refractivity contribution in [1.82, 2.24) is 0 Å². The molecule has 1 aromatic carbocycles. The summed E-state index contributed by atoms with van der Waals surface area (Å²) in [5.41, 5.74) is 0.973. The van der Waals surface area contributed by atoms with E-state index in [0.717, 1.165) is 17.1 Å². The fourth-order valence-electron chi connectivity index (χ4n) is 1.87. The van der Waals surface area contributed by atoms with Gasteiger partial charge in [0.1, 0.15) is 11.5 Å². The van der Waals surface area contributed by atoms with Crippen LogP contribution < -0.4 is 9.47 Å². The topological polar surface area (TPSA) is 35.5 Å². The van der Waals surface area contributed by atoms with E-state index >= 15 is 0 Å². The van der Waals surface area contributed by atoms with Crippen molar-refractivity contribution in [2.75, 3.05) is 7.11 Å². The number of ketones is 1. The second-order valence-electron chi connectivity index (χ2n) is 5.69. The lowest BCUT2D eigenvalue weighted by Crippen LogP contribution is -2.24. The Labute approximate surface area is 115 Å². The third kappa shape index (κ3) is 3.98. The van der Waals surface area contributed by atoms with E-state index in [1.54, 1.807) is 14.0 Å². The Hall–Kier alpha value is -1.51. The van der Waals surface area contributed by atoms with E-state index in [2.05, 4.69) is 20.8 Å². The van der Waals surface area contributed by atoms with Gasteiger partial charge in [0.15, 0.2) is 11.9 Å². The molecule has 3 heteroatoms. The van der Waals surface area contributed by atoms with E-state index in [4.69, 9.17) is 9.47 Å². The molecule has 0 fully saturated rings. The quantitative estimate of drug-likeness (QED) is 0.812. The second-order valence-corrected chi connectivity index (χ2v) is 5.69. The van der Waals surface area contributed by atoms with Crippen LogP contribution in [0.2, 0.25) is 0 Å². The highest BCUT2D eigenvalue weighted by Crippen LogP contribution is 2.34. The van der Waals surface area contributed by atoms with Crippen LogP contribution in [0.1, 0.15) is 46.6 Å². The lowest BCUT2D eigenvalue weighted by Gasteiger charge is -2.25. The highest BCUT2D eigenvalue weighted by atomic mass is 16.5. The number of hydrogen-bond acceptors (Lipinski definition) is 3. The summed E-state index contributed by atoms with van der Waals surface area (Å²) in [6, 6.07) is 5.70. The van der Waals surface area contributed by atoms with Gasteiger partial charge in [-0.2, -0.15) is 0 Å². The molecule has 0 spiro atoms. The highest BCUT2D eigenvalue weighted by molar-refractivity contribution is 5.82. The van der Waals surface area contributed by atoms with Gasteiger partial charge in [-0.15, -0.1) is 0 Å². The Balaban J connectivity index is 3.10. The molecule has 1 aromatic rings. The van der Waals surface area contributed by atoms with Crippen molar-refractivity contribution < 1.29 is 14.3 Å². The largest absolute Gasteiger partial charge is 0.497 e. The Kier molecular flexibility index (Phi) is 4.98. The molecule has 0 aliphatic carbocycles. The molecule has 19 heavy (non-hydrogen) atoms. The standard InChI is InChI=1S/C16H24O3/c1-7-14(17)11(2)19-15-9-8-12(18-6)10-13(15)16(3,4)5/h8-11H,7H2,1-6H3. The fraction of sp³-hybridized carbons (Fsp3) is 0.562. The molecule has 1 rings (SSSR count). The van der Waals surface area contributed by atoms with Gasteiger partial charge in [-0.3, -0.25) is 4.79 Å². The molecule has 0 saturated carbocycles. The minimum absolute atomic E-state index is 0.0706. The summed E-state index contributed by atoms with van der Waals surface area (Å²) in [5, 5.41) is 0. The average molecular weight is 264 g/mol. The third-order valence-electron chi connectivity index (χ3n) is 3.10. The average Bonchev–Trinajstić information content (AvgIpc) is 2.36. The molecule has 1 unspecified atom stereocenters. The van der Waals surface area contributed by atoms with E-state index < -0.39 is 6.10 Å². The van der Waals surface area contributed by atoms with Crippen LogP contribution in [-0.2, 0) is 10.2 Å². The number of carbonyl (C=O) groups excluding carboxylic acids is 1. The Morgan fingerprint density at radius 2 is 1.95 bits per heavy atom. The lowest BCUT2D eigenvalue weighted by molar-refractivity contribution is -0.124. The maximum absolute atomic E-state index is 11.7. The second kappa shape index (κ2) is 6.09. The van der Waals surface area contributed by atoms with Crippen molar-refractivity contribution >= 4 is 5.78 Å². The first-order chi connectivity index (χ1) is 8.79. The first kappa shape index (κ1) is 15.5. The zero-order chi connectivity index (χ0) is 14.6. The van der Waals surface area contributed by atoms with Crippen molar-refractivity contribution in [3.8, 4) is 11.5 Å². The molecule has 3 nitrogen and oxygen atoms in total. The molecular formula is C16H24O3. The molecule has 0 heterocycles. The summed E-state index contributed by atoms with van der Waals surface area (Å²) >= 11 is 0. The summed E-state index contributed by atoms with van der Waals surface area (Å²) in [4.78, 5) is 11.7. The molecule has 0 aliphatic heterocycles. The fourth-order valence-corrected chi connectivity index (χ4v) is 1.87. The number of methoxy groups -OCH3 is 1. The zero-order valence-corrected chi connectivity index (χ0v) is 12.7. The molecular weight excluding hydrogens is 240 g/mol. The molecule has 0 aromatic heterocycles. The van der Waals surface area contributed by atoms with Crippen LogP contribution in [0, 0.1) is 0 Å². The van der Waals surface area contributed by atoms with E-state index in [1.807, 2.05) is 25.1 Å². The number of benzene rings is 1. The van der Waals surface area contributed by atoms with Crippen molar-refractivity contribution in [1.29, 1.82) is 0 Å². The Morgan fingerprint density at radius 1 is 1.32 bits per heavy atom. The van der Waals surface area contributed by atoms with Crippen LogP contribution in [0.4, 0.5) is 0 Å². The van der Waals surface area contributed by atoms with Gasteiger partial charge < -0.3 is 9.47 Å². The summed E-state index contributed by atoms with van der Waals surface area (Å²) in [5.74, 6) is 1.66. The van der Waals surface area contributed by atoms with Gasteiger partial charge in [0.25, 0.3) is 0 Å². The van der Waals surface area contributed by atoms with Gasteiger partial charge in [0, 0.05) is 12.0 Å². The number of Topliss-reactive ketones (excluding diaryl/α,β-unsaturated/α-hetero) is 1. The Bertz CT molecular complexity index is 444. The molecule has 106 valence electrons. The summed E-state index contributed by atoms with van der Waals surface area (Å²) in [6.07, 6.45) is 0.0711. The van der Waals surface area contributed by atoms with Crippen molar-refractivity contribution in [3.63, 3.8) is 0 Å². The molecule has 0 saturated heterocycles. The monoisotopic (exact) mass is 264 g/mol. The molecule has 0 bridgehead atoms. The van der Waals surface area contributed by atoms with E-state index in [1.165, 1.54) is 0 Å². The Morgan fingerprint density at radius 3 is 2.42 bits per heavy atom. The summed E-state index contributed by atoms with van der Waals surface area (Å²) in [6.45, 7) is 9.98. The van der Waals surface area contributed by atoms with Crippen LogP contribution in [0.25, 0.3) is 0 Å². The van der Waals surface area contributed by atoms with Crippen LogP contribution in [-0.4, -0.2) is 19.0 Å². The SMILES string of the molecule is CCC(=O)C(C)Oc1ccc(OC)cc1C(C)(C)C. The van der Waals surface area contributed by atoms with Crippen LogP contribution >= 0.6 is 0 Å². The molecule has 1 atom stereocenters. The van der Waals surface area contributed by atoms with Gasteiger partial charge in [0.05, 0.1) is 7.11 Å². The zero-order valence-electron chi connectivity index (χ0n) is 12.7. The van der Waals surface area contributed by atoms with E-state index in [-0.39, 0.29) is 11.2 Å². The van der Waals surface area contributed by atoms with Crippen LogP contribution in [0.15, 0.2) is 18.2 Å². The normalized spacial score (nSPS) is 12.9. The maximum Gasteiger partial charge on any atom is 0.172 e. The molecule has 0 N–H and O–H groups in total. The maximum atomic E-state index is 11.7. The lowest BCUT2D eigenvalue weighted by atomic mass is 9.86. The first-order valence-corrected chi connectivity index (χ1v) is 6.67. The van der Waals surface area contributed by atoms with Crippen LogP contribution in [0.3, 0.4) is 0 Å². The number of carbonyl (C=O) groups is 1. The minimum atomic E-state index is -0.417. The first-order valence-electron chi connectivity index (χ1n) is 6.67. The number of rotatable bonds is 5. The number of ether oxygens (including phenoxy) is 2. The predicted molar refractivity (Wildman–Crippen MR) is 77.1 cm³/mol. The van der Waals surface area contributed by atoms with Gasteiger partial charge in [-0.05, 0) is 30.5 Å². The van der Waals surface area contributed by atoms with Crippen LogP contribution in [0.5, 0.6) is 11.5 Å². The molecule has 0 radical (unpaired) electrons.